The summed E-state index contributed by atoms with van der Waals surface area (Å²) in [4.78, 5) is 20.0. The molecular weight excluding hydrogens is 386 g/mol. The van der Waals surface area contributed by atoms with Crippen LogP contribution in [-0.2, 0) is 16.9 Å². The molecular formula is C26H33N3O2. The van der Waals surface area contributed by atoms with Crippen molar-refractivity contribution in [2.24, 2.45) is 11.8 Å². The van der Waals surface area contributed by atoms with E-state index >= 15 is 0 Å². The van der Waals surface area contributed by atoms with Crippen molar-refractivity contribution >= 4 is 5.91 Å². The van der Waals surface area contributed by atoms with Crippen molar-refractivity contribution in [1.82, 2.24) is 14.5 Å². The standard InChI is InChI=1S/C26H33N3O2/c1-17(2)25-27-24-23(29(25)16-19-9-10-19)20-5-3-4-6-21(20)31-26(24)11-13-28(14-12-26)22(30)15-18-7-8-18/h3-6,17-19H,7-16H2,1-2H3. The predicted molar refractivity (Wildman–Crippen MR) is 120 cm³/mol. The molecule has 0 atom stereocenters. The van der Waals surface area contributed by atoms with Crippen molar-refractivity contribution in [2.75, 3.05) is 13.1 Å². The topological polar surface area (TPSA) is 47.4 Å². The fraction of sp³-hybridized carbons (Fsp3) is 0.615. The van der Waals surface area contributed by atoms with Crippen molar-refractivity contribution in [1.29, 1.82) is 0 Å². The van der Waals surface area contributed by atoms with E-state index in [-0.39, 0.29) is 0 Å². The number of fused-ring (bicyclic) bond motifs is 4. The van der Waals surface area contributed by atoms with Gasteiger partial charge in [0.05, 0.1) is 5.69 Å². The van der Waals surface area contributed by atoms with E-state index in [0.29, 0.717) is 17.7 Å². The fourth-order valence-corrected chi connectivity index (χ4v) is 5.41. The van der Waals surface area contributed by atoms with E-state index in [9.17, 15) is 4.79 Å². The molecule has 4 aliphatic rings. The van der Waals surface area contributed by atoms with Crippen molar-refractivity contribution in [3.63, 3.8) is 0 Å². The number of aromatic nitrogens is 2. The van der Waals surface area contributed by atoms with E-state index in [1.807, 2.05) is 0 Å². The number of hydrogen-bond acceptors (Lipinski definition) is 3. The van der Waals surface area contributed by atoms with Crippen molar-refractivity contribution < 1.29 is 9.53 Å². The summed E-state index contributed by atoms with van der Waals surface area (Å²) in [5.74, 6) is 4.27. The highest BCUT2D eigenvalue weighted by Crippen LogP contribution is 2.51. The average Bonchev–Trinajstić information content (AvgIpc) is 3.68. The third-order valence-electron chi connectivity index (χ3n) is 7.61. The second-order valence-corrected chi connectivity index (χ2v) is 10.5. The molecule has 1 aromatic carbocycles. The number of piperidine rings is 1. The number of carbonyl (C=O) groups is 1. The Kier molecular flexibility index (Phi) is 4.45. The molecule has 1 amide bonds. The zero-order chi connectivity index (χ0) is 21.2. The maximum atomic E-state index is 12.7. The van der Waals surface area contributed by atoms with Crippen LogP contribution in [0.3, 0.4) is 0 Å². The van der Waals surface area contributed by atoms with E-state index in [2.05, 4.69) is 47.6 Å². The normalized spacial score (nSPS) is 21.7. The summed E-state index contributed by atoms with van der Waals surface area (Å²) < 4.78 is 9.27. The lowest BCUT2D eigenvalue weighted by Gasteiger charge is -2.44. The number of likely N-dealkylation sites (tertiary alicyclic amines) is 1. The van der Waals surface area contributed by atoms with Crippen LogP contribution in [0.2, 0.25) is 0 Å². The number of nitrogens with zero attached hydrogens (tertiary/aromatic N) is 3. The highest BCUT2D eigenvalue weighted by atomic mass is 16.5. The Morgan fingerprint density at radius 1 is 1.13 bits per heavy atom. The Hall–Kier alpha value is -2.30. The number of ether oxygens (including phenoxy) is 1. The van der Waals surface area contributed by atoms with Crippen LogP contribution >= 0.6 is 0 Å². The Labute approximate surface area is 184 Å². The molecule has 3 fully saturated rings. The van der Waals surface area contributed by atoms with Crippen molar-refractivity contribution in [2.45, 2.75) is 76.9 Å². The van der Waals surface area contributed by atoms with E-state index in [0.717, 1.165) is 56.3 Å². The van der Waals surface area contributed by atoms with Crippen LogP contribution < -0.4 is 4.74 Å². The van der Waals surface area contributed by atoms with Gasteiger partial charge in [-0.25, -0.2) is 4.98 Å². The summed E-state index contributed by atoms with van der Waals surface area (Å²) in [6.07, 6.45) is 7.48. The number of benzene rings is 1. The molecule has 1 aromatic heterocycles. The minimum atomic E-state index is -0.418. The highest BCUT2D eigenvalue weighted by molar-refractivity contribution is 5.77. The summed E-state index contributed by atoms with van der Waals surface area (Å²) >= 11 is 0. The molecule has 164 valence electrons. The zero-order valence-electron chi connectivity index (χ0n) is 18.8. The molecule has 2 aromatic rings. The molecule has 31 heavy (non-hydrogen) atoms. The summed E-state index contributed by atoms with van der Waals surface area (Å²) in [6, 6.07) is 8.46. The van der Waals surface area contributed by atoms with Crippen molar-refractivity contribution in [3.8, 4) is 17.0 Å². The third-order valence-corrected chi connectivity index (χ3v) is 7.61. The Morgan fingerprint density at radius 3 is 2.52 bits per heavy atom. The van der Waals surface area contributed by atoms with Crippen molar-refractivity contribution in [3.05, 3.63) is 35.8 Å². The summed E-state index contributed by atoms with van der Waals surface area (Å²) in [5, 5.41) is 0. The number of carbonyl (C=O) groups excluding carboxylic acids is 1. The number of rotatable bonds is 5. The lowest BCUT2D eigenvalue weighted by molar-refractivity contribution is -0.135. The SMILES string of the molecule is CC(C)c1nc2c(n1CC1CC1)-c1ccccc1OC21CCN(C(=O)CC2CC2)CC1. The summed E-state index contributed by atoms with van der Waals surface area (Å²) in [5.41, 5.74) is 3.15. The largest absolute Gasteiger partial charge is 0.480 e. The second kappa shape index (κ2) is 7.11. The fourth-order valence-electron chi connectivity index (χ4n) is 5.41. The monoisotopic (exact) mass is 419 g/mol. The molecule has 2 aliphatic carbocycles. The highest BCUT2D eigenvalue weighted by Gasteiger charge is 2.48. The Bertz CT molecular complexity index is 1010. The van der Waals surface area contributed by atoms with Gasteiger partial charge in [0.15, 0.2) is 5.60 Å². The summed E-state index contributed by atoms with van der Waals surface area (Å²) in [7, 11) is 0. The van der Waals surface area contributed by atoms with Crippen LogP contribution in [0.5, 0.6) is 5.75 Å². The van der Waals surface area contributed by atoms with Gasteiger partial charge in [0, 0.05) is 50.4 Å². The maximum absolute atomic E-state index is 12.7. The van der Waals surface area contributed by atoms with Crippen LogP contribution in [0, 0.1) is 11.8 Å². The first kappa shape index (κ1) is 19.4. The van der Waals surface area contributed by atoms with Gasteiger partial charge >= 0.3 is 0 Å². The van der Waals surface area contributed by atoms with Crippen LogP contribution in [0.1, 0.15) is 76.2 Å². The molecule has 5 nitrogen and oxygen atoms in total. The van der Waals surface area contributed by atoms with E-state index in [1.165, 1.54) is 42.8 Å². The number of amides is 1. The lowest BCUT2D eigenvalue weighted by Crippen LogP contribution is -2.49. The molecule has 2 saturated carbocycles. The second-order valence-electron chi connectivity index (χ2n) is 10.5. The van der Waals surface area contributed by atoms with Crippen LogP contribution in [0.25, 0.3) is 11.3 Å². The molecule has 2 aliphatic heterocycles. The number of hydrogen-bond donors (Lipinski definition) is 0. The molecule has 0 N–H and O–H groups in total. The van der Waals surface area contributed by atoms with Gasteiger partial charge in [-0.2, -0.15) is 0 Å². The minimum absolute atomic E-state index is 0.330. The first-order valence-electron chi connectivity index (χ1n) is 12.2. The predicted octanol–water partition coefficient (Wildman–Crippen LogP) is 5.09. The summed E-state index contributed by atoms with van der Waals surface area (Å²) in [6.45, 7) is 7.08. The van der Waals surface area contributed by atoms with Gasteiger partial charge in [-0.05, 0) is 49.7 Å². The van der Waals surface area contributed by atoms with E-state index in [1.54, 1.807) is 0 Å². The number of para-hydroxylation sites is 1. The van der Waals surface area contributed by atoms with Crippen LogP contribution in [0.4, 0.5) is 0 Å². The average molecular weight is 420 g/mol. The minimum Gasteiger partial charge on any atom is -0.480 e. The van der Waals surface area contributed by atoms with Gasteiger partial charge in [-0.1, -0.05) is 26.0 Å². The number of imidazole rings is 1. The van der Waals surface area contributed by atoms with Gasteiger partial charge in [0.2, 0.25) is 5.91 Å². The first-order chi connectivity index (χ1) is 15.0. The Balaban J connectivity index is 1.38. The molecule has 6 rings (SSSR count). The third kappa shape index (κ3) is 3.37. The molecule has 1 spiro atoms. The quantitative estimate of drug-likeness (QED) is 0.678. The van der Waals surface area contributed by atoms with E-state index in [4.69, 9.17) is 9.72 Å². The molecule has 0 bridgehead atoms. The molecule has 3 heterocycles. The zero-order valence-corrected chi connectivity index (χ0v) is 18.8. The van der Waals surface area contributed by atoms with Gasteiger partial charge < -0.3 is 14.2 Å². The Morgan fingerprint density at radius 2 is 1.84 bits per heavy atom. The maximum Gasteiger partial charge on any atom is 0.222 e. The van der Waals surface area contributed by atoms with Crippen LogP contribution in [0.15, 0.2) is 24.3 Å². The molecule has 1 saturated heterocycles. The molecule has 0 unspecified atom stereocenters. The first-order valence-corrected chi connectivity index (χ1v) is 12.2. The molecule has 0 radical (unpaired) electrons. The van der Waals surface area contributed by atoms with Gasteiger partial charge in [-0.15, -0.1) is 0 Å². The van der Waals surface area contributed by atoms with Gasteiger partial charge in [-0.3, -0.25) is 4.79 Å². The van der Waals surface area contributed by atoms with Gasteiger partial charge in [0.1, 0.15) is 17.3 Å². The molecule has 5 heteroatoms. The van der Waals surface area contributed by atoms with Gasteiger partial charge in [0.25, 0.3) is 0 Å². The lowest BCUT2D eigenvalue weighted by atomic mass is 9.83. The van der Waals surface area contributed by atoms with Crippen LogP contribution in [-0.4, -0.2) is 33.4 Å². The van der Waals surface area contributed by atoms with E-state index < -0.39 is 5.60 Å². The smallest absolute Gasteiger partial charge is 0.222 e.